The van der Waals surface area contributed by atoms with E-state index in [9.17, 15) is 4.79 Å². The molecule has 6 heteroatoms. The molecular weight excluding hydrogens is 348 g/mol. The van der Waals surface area contributed by atoms with Crippen molar-refractivity contribution in [2.75, 3.05) is 10.6 Å². The molecule has 3 aromatic rings. The van der Waals surface area contributed by atoms with Crippen LogP contribution in [0.25, 0.3) is 0 Å². The molecule has 0 aliphatic carbocycles. The highest BCUT2D eigenvalue weighted by molar-refractivity contribution is 6.31. The second kappa shape index (κ2) is 7.97. The Morgan fingerprint density at radius 1 is 1.04 bits per heavy atom. The number of aryl methyl sites for hydroxylation is 2. The fourth-order valence-electron chi connectivity index (χ4n) is 2.39. The van der Waals surface area contributed by atoms with Gasteiger partial charge < -0.3 is 10.6 Å². The summed E-state index contributed by atoms with van der Waals surface area (Å²) in [5, 5.41) is 6.60. The van der Waals surface area contributed by atoms with Gasteiger partial charge in [0.15, 0.2) is 0 Å². The van der Waals surface area contributed by atoms with Crippen molar-refractivity contribution in [3.63, 3.8) is 0 Å². The summed E-state index contributed by atoms with van der Waals surface area (Å²) in [5.41, 5.74) is 4.22. The van der Waals surface area contributed by atoms with Crippen molar-refractivity contribution in [1.29, 1.82) is 0 Å². The van der Waals surface area contributed by atoms with Crippen LogP contribution in [-0.4, -0.2) is 15.9 Å². The van der Waals surface area contributed by atoms with Gasteiger partial charge in [0.2, 0.25) is 0 Å². The van der Waals surface area contributed by atoms with Gasteiger partial charge in [-0.15, -0.1) is 0 Å². The molecular formula is C20H19ClN4O. The molecule has 0 aliphatic rings. The van der Waals surface area contributed by atoms with Crippen LogP contribution in [0.15, 0.2) is 54.9 Å². The molecule has 132 valence electrons. The number of carbonyl (C=O) groups is 1. The summed E-state index contributed by atoms with van der Waals surface area (Å²) in [5.74, 6) is 0.282. The molecule has 0 atom stereocenters. The molecule has 26 heavy (non-hydrogen) atoms. The Labute approximate surface area is 157 Å². The molecule has 0 bridgehead atoms. The Bertz CT molecular complexity index is 925. The molecule has 2 aromatic carbocycles. The number of aromatic nitrogens is 2. The molecule has 0 radical (unpaired) electrons. The predicted molar refractivity (Wildman–Crippen MR) is 105 cm³/mol. The maximum Gasteiger partial charge on any atom is 0.274 e. The average molecular weight is 367 g/mol. The Kier molecular flexibility index (Phi) is 5.49. The second-order valence-corrected chi connectivity index (χ2v) is 6.48. The minimum Gasteiger partial charge on any atom is -0.366 e. The van der Waals surface area contributed by atoms with Crippen molar-refractivity contribution in [3.8, 4) is 0 Å². The van der Waals surface area contributed by atoms with Crippen LogP contribution in [0.2, 0.25) is 5.02 Å². The fourth-order valence-corrected chi connectivity index (χ4v) is 2.56. The van der Waals surface area contributed by atoms with E-state index in [1.54, 1.807) is 18.2 Å². The van der Waals surface area contributed by atoms with Crippen LogP contribution in [-0.2, 0) is 6.54 Å². The zero-order valence-electron chi connectivity index (χ0n) is 14.6. The molecule has 1 heterocycles. The largest absolute Gasteiger partial charge is 0.366 e. The maximum atomic E-state index is 12.5. The highest BCUT2D eigenvalue weighted by atomic mass is 35.5. The van der Waals surface area contributed by atoms with Crippen LogP contribution < -0.4 is 10.6 Å². The van der Waals surface area contributed by atoms with E-state index < -0.39 is 0 Å². The van der Waals surface area contributed by atoms with Gasteiger partial charge in [-0.25, -0.2) is 9.97 Å². The highest BCUT2D eigenvalue weighted by Crippen LogP contribution is 2.21. The van der Waals surface area contributed by atoms with Crippen molar-refractivity contribution in [1.82, 2.24) is 9.97 Å². The van der Waals surface area contributed by atoms with E-state index in [4.69, 9.17) is 11.6 Å². The Morgan fingerprint density at radius 2 is 1.81 bits per heavy atom. The van der Waals surface area contributed by atoms with E-state index in [1.165, 1.54) is 11.9 Å². The predicted octanol–water partition coefficient (Wildman–Crippen LogP) is 4.61. The summed E-state index contributed by atoms with van der Waals surface area (Å²) >= 11 is 5.99. The van der Waals surface area contributed by atoms with Gasteiger partial charge in [-0.05, 0) is 37.1 Å². The first-order valence-electron chi connectivity index (χ1n) is 8.20. The van der Waals surface area contributed by atoms with Crippen molar-refractivity contribution in [2.24, 2.45) is 0 Å². The van der Waals surface area contributed by atoms with Crippen LogP contribution >= 0.6 is 11.6 Å². The number of nitrogens with one attached hydrogen (secondary N) is 2. The first-order chi connectivity index (χ1) is 12.5. The van der Waals surface area contributed by atoms with Crippen LogP contribution in [0.1, 0.15) is 27.2 Å². The van der Waals surface area contributed by atoms with Crippen LogP contribution in [0.3, 0.4) is 0 Å². The van der Waals surface area contributed by atoms with Gasteiger partial charge in [0.25, 0.3) is 5.91 Å². The lowest BCUT2D eigenvalue weighted by atomic mass is 10.1. The second-order valence-electron chi connectivity index (χ2n) is 6.04. The number of anilines is 2. The Morgan fingerprint density at radius 3 is 2.58 bits per heavy atom. The molecule has 3 rings (SSSR count). The first kappa shape index (κ1) is 17.9. The average Bonchev–Trinajstić information content (AvgIpc) is 2.64. The zero-order chi connectivity index (χ0) is 18.5. The van der Waals surface area contributed by atoms with Gasteiger partial charge in [-0.2, -0.15) is 0 Å². The summed E-state index contributed by atoms with van der Waals surface area (Å²) in [6.07, 6.45) is 1.37. The Hall–Kier alpha value is -2.92. The van der Waals surface area contributed by atoms with Crippen molar-refractivity contribution >= 4 is 29.0 Å². The molecule has 0 unspecified atom stereocenters. The lowest BCUT2D eigenvalue weighted by Crippen LogP contribution is -2.15. The minimum absolute atomic E-state index is 0.283. The van der Waals surface area contributed by atoms with Crippen molar-refractivity contribution < 1.29 is 4.79 Å². The minimum atomic E-state index is -0.309. The quantitative estimate of drug-likeness (QED) is 0.691. The number of nitrogens with zero attached hydrogens (tertiary/aromatic N) is 2. The number of benzene rings is 2. The normalized spacial score (nSPS) is 10.4. The summed E-state index contributed by atoms with van der Waals surface area (Å²) in [4.78, 5) is 20.7. The third-order valence-corrected chi connectivity index (χ3v) is 4.18. The standard InChI is InChI=1S/C20H19ClN4O/c1-13-3-6-15(7-4-13)11-22-19-10-18(23-12-24-19)20(26)25-17-9-16(21)8-5-14(17)2/h3-10,12H,11H2,1-2H3,(H,25,26)(H,22,23,24). The number of amides is 1. The fraction of sp³-hybridized carbons (Fsp3) is 0.150. The molecule has 0 saturated carbocycles. The number of hydrogen-bond donors (Lipinski definition) is 2. The SMILES string of the molecule is Cc1ccc(CNc2cc(C(=O)Nc3cc(Cl)ccc3C)ncn2)cc1. The molecule has 0 aliphatic heterocycles. The van der Waals surface area contributed by atoms with Gasteiger partial charge in [-0.3, -0.25) is 4.79 Å². The smallest absolute Gasteiger partial charge is 0.274 e. The van der Waals surface area contributed by atoms with Crippen molar-refractivity contribution in [2.45, 2.75) is 20.4 Å². The lowest BCUT2D eigenvalue weighted by Gasteiger charge is -2.10. The van der Waals surface area contributed by atoms with E-state index in [2.05, 4.69) is 44.9 Å². The summed E-state index contributed by atoms with van der Waals surface area (Å²) < 4.78 is 0. The topological polar surface area (TPSA) is 66.9 Å². The van der Waals surface area contributed by atoms with Crippen LogP contribution in [0.5, 0.6) is 0 Å². The first-order valence-corrected chi connectivity index (χ1v) is 8.58. The summed E-state index contributed by atoms with van der Waals surface area (Å²) in [6, 6.07) is 15.2. The third-order valence-electron chi connectivity index (χ3n) is 3.94. The van der Waals surface area contributed by atoms with Gasteiger partial charge >= 0.3 is 0 Å². The molecule has 2 N–H and O–H groups in total. The zero-order valence-corrected chi connectivity index (χ0v) is 15.3. The van der Waals surface area contributed by atoms with E-state index in [1.807, 2.05) is 19.9 Å². The Balaban J connectivity index is 1.69. The number of rotatable bonds is 5. The maximum absolute atomic E-state index is 12.5. The van der Waals surface area contributed by atoms with E-state index in [0.717, 1.165) is 11.1 Å². The number of carbonyl (C=O) groups excluding carboxylic acids is 1. The third kappa shape index (κ3) is 4.58. The molecule has 0 spiro atoms. The molecule has 0 saturated heterocycles. The van der Waals surface area contributed by atoms with Crippen LogP contribution in [0.4, 0.5) is 11.5 Å². The monoisotopic (exact) mass is 366 g/mol. The van der Waals surface area contributed by atoms with E-state index >= 15 is 0 Å². The van der Waals surface area contributed by atoms with Gasteiger partial charge in [-0.1, -0.05) is 47.5 Å². The van der Waals surface area contributed by atoms with Gasteiger partial charge in [0.05, 0.1) is 0 Å². The molecule has 0 fully saturated rings. The lowest BCUT2D eigenvalue weighted by molar-refractivity contribution is 0.102. The van der Waals surface area contributed by atoms with Gasteiger partial charge in [0, 0.05) is 23.3 Å². The highest BCUT2D eigenvalue weighted by Gasteiger charge is 2.11. The van der Waals surface area contributed by atoms with E-state index in [-0.39, 0.29) is 11.6 Å². The summed E-state index contributed by atoms with van der Waals surface area (Å²) in [7, 11) is 0. The number of halogens is 1. The van der Waals surface area contributed by atoms with Crippen molar-refractivity contribution in [3.05, 3.63) is 82.3 Å². The summed E-state index contributed by atoms with van der Waals surface area (Å²) in [6.45, 7) is 4.57. The number of hydrogen-bond acceptors (Lipinski definition) is 4. The molecule has 1 aromatic heterocycles. The molecule has 1 amide bonds. The van der Waals surface area contributed by atoms with Gasteiger partial charge in [0.1, 0.15) is 17.8 Å². The van der Waals surface area contributed by atoms with E-state index in [0.29, 0.717) is 23.1 Å². The molecule has 5 nitrogen and oxygen atoms in total. The van der Waals surface area contributed by atoms with Crippen LogP contribution in [0, 0.1) is 13.8 Å².